The van der Waals surface area contributed by atoms with E-state index in [0.29, 0.717) is 0 Å². The van der Waals surface area contributed by atoms with Crippen LogP contribution >= 0.6 is 0 Å². The van der Waals surface area contributed by atoms with Crippen LogP contribution in [0.2, 0.25) is 0 Å². The lowest BCUT2D eigenvalue weighted by Gasteiger charge is -2.20. The van der Waals surface area contributed by atoms with E-state index in [1.54, 1.807) is 7.11 Å². The number of nitrogens with zero attached hydrogens (tertiary/aromatic N) is 1. The molecule has 0 saturated carbocycles. The number of rotatable bonds is 1. The third-order valence-electron chi connectivity index (χ3n) is 3.11. The van der Waals surface area contributed by atoms with Gasteiger partial charge < -0.3 is 4.84 Å². The fraction of sp³-hybridized carbons (Fsp3) is 0.133. The van der Waals surface area contributed by atoms with Crippen LogP contribution in [0.3, 0.4) is 0 Å². The fourth-order valence-electron chi connectivity index (χ4n) is 2.35. The monoisotopic (exact) mass is 223 g/mol. The van der Waals surface area contributed by atoms with Crippen molar-refractivity contribution in [1.29, 1.82) is 0 Å². The second-order valence-electron chi connectivity index (χ2n) is 4.11. The summed E-state index contributed by atoms with van der Waals surface area (Å²) in [6, 6.07) is 16.7. The molecule has 0 radical (unpaired) electrons. The van der Waals surface area contributed by atoms with Crippen molar-refractivity contribution in [3.63, 3.8) is 0 Å². The smallest absolute Gasteiger partial charge is 0.117 e. The molecule has 84 valence electrons. The van der Waals surface area contributed by atoms with Crippen molar-refractivity contribution >= 4 is 5.71 Å². The van der Waals surface area contributed by atoms with Gasteiger partial charge in [-0.25, -0.2) is 0 Å². The van der Waals surface area contributed by atoms with Gasteiger partial charge in [-0.2, -0.15) is 0 Å². The summed E-state index contributed by atoms with van der Waals surface area (Å²) in [5.74, 6) is 0. The molecule has 0 bridgehead atoms. The van der Waals surface area contributed by atoms with Gasteiger partial charge in [0.15, 0.2) is 0 Å². The van der Waals surface area contributed by atoms with Crippen LogP contribution in [0, 0.1) is 0 Å². The first kappa shape index (κ1) is 10.1. The Kier molecular flexibility index (Phi) is 2.41. The molecule has 2 aromatic carbocycles. The summed E-state index contributed by atoms with van der Waals surface area (Å²) in [5, 5.41) is 4.18. The molecule has 1 aliphatic rings. The van der Waals surface area contributed by atoms with E-state index in [1.807, 2.05) is 12.1 Å². The fourth-order valence-corrected chi connectivity index (χ4v) is 2.35. The highest BCUT2D eigenvalue weighted by atomic mass is 16.6. The molecule has 0 aromatic heterocycles. The zero-order valence-corrected chi connectivity index (χ0v) is 9.68. The van der Waals surface area contributed by atoms with Crippen molar-refractivity contribution in [2.24, 2.45) is 5.16 Å². The molecular formula is C15H13NO. The molecule has 0 amide bonds. The van der Waals surface area contributed by atoms with Crippen LogP contribution in [0.25, 0.3) is 0 Å². The van der Waals surface area contributed by atoms with Gasteiger partial charge in [0.05, 0.1) is 0 Å². The average Bonchev–Trinajstić information content (AvgIpc) is 2.39. The molecule has 3 rings (SSSR count). The van der Waals surface area contributed by atoms with Crippen molar-refractivity contribution in [3.05, 3.63) is 70.8 Å². The van der Waals surface area contributed by atoms with Gasteiger partial charge in [-0.05, 0) is 17.5 Å². The number of hydrogen-bond donors (Lipinski definition) is 0. The third-order valence-corrected chi connectivity index (χ3v) is 3.11. The van der Waals surface area contributed by atoms with Gasteiger partial charge in [-0.3, -0.25) is 0 Å². The van der Waals surface area contributed by atoms with Gasteiger partial charge in [0.2, 0.25) is 0 Å². The molecule has 0 saturated heterocycles. The highest BCUT2D eigenvalue weighted by Gasteiger charge is 2.20. The summed E-state index contributed by atoms with van der Waals surface area (Å²) in [7, 11) is 1.59. The normalized spacial score (nSPS) is 12.6. The average molecular weight is 223 g/mol. The van der Waals surface area contributed by atoms with Gasteiger partial charge >= 0.3 is 0 Å². The van der Waals surface area contributed by atoms with Gasteiger partial charge in [0.1, 0.15) is 12.8 Å². The lowest BCUT2D eigenvalue weighted by atomic mass is 9.85. The molecule has 0 atom stereocenters. The van der Waals surface area contributed by atoms with E-state index < -0.39 is 0 Å². The first-order valence-corrected chi connectivity index (χ1v) is 5.68. The minimum atomic E-state index is 0.935. The van der Waals surface area contributed by atoms with Crippen LogP contribution in [0.5, 0.6) is 0 Å². The largest absolute Gasteiger partial charge is 0.399 e. The molecule has 2 aromatic rings. The molecule has 0 unspecified atom stereocenters. The number of hydrogen-bond acceptors (Lipinski definition) is 2. The number of fused-ring (bicyclic) bond motifs is 2. The lowest BCUT2D eigenvalue weighted by Crippen LogP contribution is -2.16. The van der Waals surface area contributed by atoms with E-state index in [1.165, 1.54) is 22.3 Å². The molecule has 1 aliphatic carbocycles. The standard InChI is InChI=1S/C15H13NO/c1-17-16-15-13-8-4-2-6-11(13)10-12-7-3-5-9-14(12)15/h2-9H,10H2,1H3. The molecule has 0 heterocycles. The topological polar surface area (TPSA) is 21.6 Å². The SMILES string of the molecule is CON=C1c2ccccc2Cc2ccccc21. The van der Waals surface area contributed by atoms with Crippen molar-refractivity contribution in [1.82, 2.24) is 0 Å². The van der Waals surface area contributed by atoms with Crippen molar-refractivity contribution in [2.75, 3.05) is 7.11 Å². The maximum Gasteiger partial charge on any atom is 0.117 e. The Morgan fingerprint density at radius 2 is 1.41 bits per heavy atom. The molecule has 0 spiro atoms. The Bertz CT molecular complexity index is 539. The summed E-state index contributed by atoms with van der Waals surface area (Å²) < 4.78 is 0. The number of benzene rings is 2. The Morgan fingerprint density at radius 1 is 0.882 bits per heavy atom. The van der Waals surface area contributed by atoms with Crippen molar-refractivity contribution in [2.45, 2.75) is 6.42 Å². The maximum atomic E-state index is 4.98. The van der Waals surface area contributed by atoms with Gasteiger partial charge in [0.25, 0.3) is 0 Å². The van der Waals surface area contributed by atoms with Crippen LogP contribution in [-0.2, 0) is 11.3 Å². The van der Waals surface area contributed by atoms with E-state index >= 15 is 0 Å². The Morgan fingerprint density at radius 3 is 1.94 bits per heavy atom. The zero-order valence-electron chi connectivity index (χ0n) is 9.68. The first-order chi connectivity index (χ1) is 8.40. The van der Waals surface area contributed by atoms with E-state index in [4.69, 9.17) is 4.84 Å². The summed E-state index contributed by atoms with van der Waals surface area (Å²) >= 11 is 0. The van der Waals surface area contributed by atoms with Gasteiger partial charge in [0, 0.05) is 11.1 Å². The zero-order chi connectivity index (χ0) is 11.7. The van der Waals surface area contributed by atoms with Crippen molar-refractivity contribution < 1.29 is 4.84 Å². The Labute approximate surface area is 101 Å². The maximum absolute atomic E-state index is 4.98. The molecule has 2 nitrogen and oxygen atoms in total. The van der Waals surface area contributed by atoms with Crippen LogP contribution in [-0.4, -0.2) is 12.8 Å². The molecular weight excluding hydrogens is 210 g/mol. The van der Waals surface area contributed by atoms with Crippen LogP contribution in [0.4, 0.5) is 0 Å². The van der Waals surface area contributed by atoms with Gasteiger partial charge in [-0.1, -0.05) is 53.7 Å². The van der Waals surface area contributed by atoms with Crippen LogP contribution < -0.4 is 0 Å². The molecule has 0 aliphatic heterocycles. The molecule has 17 heavy (non-hydrogen) atoms. The third kappa shape index (κ3) is 1.62. The second kappa shape index (κ2) is 4.06. The number of oxime groups is 1. The quantitative estimate of drug-likeness (QED) is 0.581. The summed E-state index contributed by atoms with van der Waals surface area (Å²) in [4.78, 5) is 4.98. The first-order valence-electron chi connectivity index (χ1n) is 5.68. The van der Waals surface area contributed by atoms with Crippen LogP contribution in [0.15, 0.2) is 53.7 Å². The predicted molar refractivity (Wildman–Crippen MR) is 68.3 cm³/mol. The summed E-state index contributed by atoms with van der Waals surface area (Å²) in [6.45, 7) is 0. The second-order valence-corrected chi connectivity index (χ2v) is 4.11. The highest BCUT2D eigenvalue weighted by molar-refractivity contribution is 6.15. The van der Waals surface area contributed by atoms with E-state index in [9.17, 15) is 0 Å². The summed E-state index contributed by atoms with van der Waals surface area (Å²) in [6.07, 6.45) is 0.967. The molecule has 2 heteroatoms. The summed E-state index contributed by atoms with van der Waals surface area (Å²) in [5.41, 5.74) is 5.90. The Hall–Kier alpha value is -2.09. The van der Waals surface area contributed by atoms with Crippen molar-refractivity contribution in [3.8, 4) is 0 Å². The van der Waals surface area contributed by atoms with Crippen LogP contribution in [0.1, 0.15) is 22.3 Å². The van der Waals surface area contributed by atoms with E-state index in [-0.39, 0.29) is 0 Å². The minimum absolute atomic E-state index is 0.935. The highest BCUT2D eigenvalue weighted by Crippen LogP contribution is 2.27. The molecule has 0 N–H and O–H groups in total. The van der Waals surface area contributed by atoms with E-state index in [0.717, 1.165) is 12.1 Å². The predicted octanol–water partition coefficient (Wildman–Crippen LogP) is 2.99. The van der Waals surface area contributed by atoms with Gasteiger partial charge in [-0.15, -0.1) is 0 Å². The van der Waals surface area contributed by atoms with E-state index in [2.05, 4.69) is 41.6 Å². The minimum Gasteiger partial charge on any atom is -0.399 e. The Balaban J connectivity index is 2.24. The molecule has 0 fully saturated rings. The lowest BCUT2D eigenvalue weighted by molar-refractivity contribution is 0.214.